The molecule has 0 bridgehead atoms. The molecule has 0 saturated heterocycles. The van der Waals surface area contributed by atoms with E-state index < -0.39 is 5.91 Å². The van der Waals surface area contributed by atoms with Gasteiger partial charge in [-0.2, -0.15) is 10.4 Å². The molecular formula is C10H7ClN6O. The maximum atomic E-state index is 11.8. The van der Waals surface area contributed by atoms with Crippen molar-refractivity contribution in [1.82, 2.24) is 20.0 Å². The minimum atomic E-state index is -0.487. The Labute approximate surface area is 107 Å². The molecule has 2 aromatic rings. The lowest BCUT2D eigenvalue weighted by atomic mass is 10.3. The SMILES string of the molecule is Cn1ncc(C#N)c1NC(=O)c1ccc(Cl)nn1. The molecular weight excluding hydrogens is 256 g/mol. The highest BCUT2D eigenvalue weighted by atomic mass is 35.5. The van der Waals surface area contributed by atoms with E-state index in [2.05, 4.69) is 20.6 Å². The summed E-state index contributed by atoms with van der Waals surface area (Å²) >= 11 is 5.57. The zero-order valence-corrected chi connectivity index (χ0v) is 10.0. The van der Waals surface area contributed by atoms with Crippen LogP contribution in [0.25, 0.3) is 0 Å². The molecule has 0 saturated carbocycles. The lowest BCUT2D eigenvalue weighted by Crippen LogP contribution is -2.17. The summed E-state index contributed by atoms with van der Waals surface area (Å²) in [4.78, 5) is 11.8. The number of carbonyl (C=O) groups is 1. The van der Waals surface area contributed by atoms with E-state index in [4.69, 9.17) is 16.9 Å². The molecule has 1 amide bonds. The highest BCUT2D eigenvalue weighted by Gasteiger charge is 2.14. The van der Waals surface area contributed by atoms with Gasteiger partial charge in [0.15, 0.2) is 10.8 Å². The molecule has 1 N–H and O–H groups in total. The fraction of sp³-hybridized carbons (Fsp3) is 0.100. The normalized spacial score (nSPS) is 9.83. The second kappa shape index (κ2) is 4.81. The number of aromatic nitrogens is 4. The van der Waals surface area contributed by atoms with E-state index in [0.29, 0.717) is 5.82 Å². The van der Waals surface area contributed by atoms with E-state index in [1.54, 1.807) is 7.05 Å². The minimum absolute atomic E-state index is 0.101. The Balaban J connectivity index is 2.24. The van der Waals surface area contributed by atoms with E-state index in [9.17, 15) is 4.79 Å². The molecule has 0 aliphatic carbocycles. The number of hydrogen-bond acceptors (Lipinski definition) is 5. The standard InChI is InChI=1S/C10H7ClN6O/c1-17-9(6(4-12)5-13-17)14-10(18)7-2-3-8(11)16-15-7/h2-3,5H,1H3,(H,14,18). The molecule has 0 atom stereocenters. The lowest BCUT2D eigenvalue weighted by Gasteiger charge is -2.04. The Hall–Kier alpha value is -2.46. The molecule has 0 spiro atoms. The molecule has 18 heavy (non-hydrogen) atoms. The van der Waals surface area contributed by atoms with Crippen molar-refractivity contribution >= 4 is 23.3 Å². The van der Waals surface area contributed by atoms with Crippen molar-refractivity contribution in [2.75, 3.05) is 5.32 Å². The van der Waals surface area contributed by atoms with Gasteiger partial charge in [-0.1, -0.05) is 11.6 Å². The van der Waals surface area contributed by atoms with Crippen LogP contribution in [0.15, 0.2) is 18.3 Å². The quantitative estimate of drug-likeness (QED) is 0.870. The van der Waals surface area contributed by atoms with Gasteiger partial charge in [0.05, 0.1) is 6.20 Å². The zero-order valence-electron chi connectivity index (χ0n) is 9.25. The fourth-order valence-electron chi connectivity index (χ4n) is 1.28. The molecule has 0 aromatic carbocycles. The monoisotopic (exact) mass is 262 g/mol. The predicted molar refractivity (Wildman–Crippen MR) is 62.9 cm³/mol. The Morgan fingerprint density at radius 2 is 2.28 bits per heavy atom. The van der Waals surface area contributed by atoms with Crippen LogP contribution in [0, 0.1) is 11.3 Å². The molecule has 2 aromatic heterocycles. The number of amides is 1. The zero-order chi connectivity index (χ0) is 13.1. The first-order valence-corrected chi connectivity index (χ1v) is 5.22. The fourth-order valence-corrected chi connectivity index (χ4v) is 1.38. The largest absolute Gasteiger partial charge is 0.304 e. The Morgan fingerprint density at radius 1 is 1.50 bits per heavy atom. The van der Waals surface area contributed by atoms with E-state index in [0.717, 1.165) is 0 Å². The van der Waals surface area contributed by atoms with Crippen LogP contribution in [0.2, 0.25) is 5.15 Å². The number of nitrogens with zero attached hydrogens (tertiary/aromatic N) is 5. The summed E-state index contributed by atoms with van der Waals surface area (Å²) in [6.45, 7) is 0. The second-order valence-corrected chi connectivity index (χ2v) is 3.72. The van der Waals surface area contributed by atoms with Gasteiger partial charge in [-0.05, 0) is 12.1 Å². The highest BCUT2D eigenvalue weighted by Crippen LogP contribution is 2.13. The van der Waals surface area contributed by atoms with Crippen molar-refractivity contribution in [3.8, 4) is 6.07 Å². The van der Waals surface area contributed by atoms with Crippen molar-refractivity contribution < 1.29 is 4.79 Å². The summed E-state index contributed by atoms with van der Waals surface area (Å²) in [5.41, 5.74) is 0.372. The molecule has 0 radical (unpaired) electrons. The molecule has 0 aliphatic heterocycles. The first-order chi connectivity index (χ1) is 8.61. The van der Waals surface area contributed by atoms with Gasteiger partial charge in [-0.25, -0.2) is 0 Å². The summed E-state index contributed by atoms with van der Waals surface area (Å²) in [5, 5.41) is 22.7. The van der Waals surface area contributed by atoms with Gasteiger partial charge >= 0.3 is 0 Å². The van der Waals surface area contributed by atoms with Gasteiger partial charge < -0.3 is 5.32 Å². The number of carbonyl (C=O) groups excluding carboxylic acids is 1. The van der Waals surface area contributed by atoms with Crippen LogP contribution in [0.1, 0.15) is 16.1 Å². The van der Waals surface area contributed by atoms with Crippen molar-refractivity contribution in [3.63, 3.8) is 0 Å². The van der Waals surface area contributed by atoms with Gasteiger partial charge in [0, 0.05) is 7.05 Å². The van der Waals surface area contributed by atoms with Gasteiger partial charge in [-0.15, -0.1) is 10.2 Å². The second-order valence-electron chi connectivity index (χ2n) is 3.34. The highest BCUT2D eigenvalue weighted by molar-refractivity contribution is 6.29. The van der Waals surface area contributed by atoms with E-state index in [-0.39, 0.29) is 16.4 Å². The van der Waals surface area contributed by atoms with E-state index >= 15 is 0 Å². The van der Waals surface area contributed by atoms with Crippen LogP contribution in [0.4, 0.5) is 5.82 Å². The number of halogens is 1. The van der Waals surface area contributed by atoms with Gasteiger partial charge in [-0.3, -0.25) is 9.48 Å². The average molecular weight is 263 g/mol. The van der Waals surface area contributed by atoms with Crippen molar-refractivity contribution in [2.24, 2.45) is 7.05 Å². The summed E-state index contributed by atoms with van der Waals surface area (Å²) < 4.78 is 1.39. The summed E-state index contributed by atoms with van der Waals surface area (Å²) in [7, 11) is 1.62. The van der Waals surface area contributed by atoms with E-state index in [1.165, 1.54) is 23.0 Å². The number of nitrogens with one attached hydrogen (secondary N) is 1. The number of anilines is 1. The van der Waals surface area contributed by atoms with Gasteiger partial charge in [0.1, 0.15) is 17.5 Å². The van der Waals surface area contributed by atoms with Crippen LogP contribution in [0.5, 0.6) is 0 Å². The first-order valence-electron chi connectivity index (χ1n) is 4.84. The van der Waals surface area contributed by atoms with Crippen LogP contribution in [-0.2, 0) is 7.05 Å². The maximum Gasteiger partial charge on any atom is 0.277 e. The van der Waals surface area contributed by atoms with Crippen LogP contribution < -0.4 is 5.32 Å². The molecule has 2 heterocycles. The summed E-state index contributed by atoms with van der Waals surface area (Å²) in [6, 6.07) is 4.82. The molecule has 7 nitrogen and oxygen atoms in total. The van der Waals surface area contributed by atoms with Crippen LogP contribution >= 0.6 is 11.6 Å². The maximum absolute atomic E-state index is 11.8. The number of rotatable bonds is 2. The molecule has 8 heteroatoms. The molecule has 2 rings (SSSR count). The third kappa shape index (κ3) is 2.28. The third-order valence-electron chi connectivity index (χ3n) is 2.16. The van der Waals surface area contributed by atoms with Gasteiger partial charge in [0.25, 0.3) is 5.91 Å². The first kappa shape index (κ1) is 12.0. The Bertz CT molecular complexity index is 627. The minimum Gasteiger partial charge on any atom is -0.304 e. The summed E-state index contributed by atoms with van der Waals surface area (Å²) in [6.07, 6.45) is 1.36. The van der Waals surface area contributed by atoms with E-state index in [1.807, 2.05) is 6.07 Å². The molecule has 0 aliphatic rings. The van der Waals surface area contributed by atoms with Gasteiger partial charge in [0.2, 0.25) is 0 Å². The smallest absolute Gasteiger partial charge is 0.277 e. The Kier molecular flexibility index (Phi) is 3.21. The van der Waals surface area contributed by atoms with Crippen molar-refractivity contribution in [2.45, 2.75) is 0 Å². The third-order valence-corrected chi connectivity index (χ3v) is 2.36. The van der Waals surface area contributed by atoms with Crippen molar-refractivity contribution in [1.29, 1.82) is 5.26 Å². The molecule has 0 unspecified atom stereocenters. The number of aryl methyl sites for hydroxylation is 1. The number of nitriles is 1. The number of hydrogen-bond donors (Lipinski definition) is 1. The molecule has 0 fully saturated rings. The molecule has 90 valence electrons. The predicted octanol–water partition coefficient (Wildman–Crippen LogP) is 0.987. The lowest BCUT2D eigenvalue weighted by molar-refractivity contribution is 0.102. The summed E-state index contributed by atoms with van der Waals surface area (Å²) in [5.74, 6) is -0.182. The Morgan fingerprint density at radius 3 is 2.89 bits per heavy atom. The van der Waals surface area contributed by atoms with Crippen molar-refractivity contribution in [3.05, 3.63) is 34.7 Å². The van der Waals surface area contributed by atoms with Crippen LogP contribution in [0.3, 0.4) is 0 Å². The average Bonchev–Trinajstić information content (AvgIpc) is 2.71. The van der Waals surface area contributed by atoms with Crippen LogP contribution in [-0.4, -0.2) is 25.9 Å². The topological polar surface area (TPSA) is 96.5 Å².